The zero-order chi connectivity index (χ0) is 23.2. The van der Waals surface area contributed by atoms with E-state index >= 15 is 0 Å². The first kappa shape index (κ1) is 21.2. The van der Waals surface area contributed by atoms with E-state index in [1.807, 2.05) is 55.5 Å². The van der Waals surface area contributed by atoms with Gasteiger partial charge in [-0.1, -0.05) is 17.3 Å². The zero-order valence-corrected chi connectivity index (χ0v) is 18.5. The number of ether oxygens (including phenoxy) is 1. The van der Waals surface area contributed by atoms with Crippen molar-refractivity contribution in [2.24, 2.45) is 0 Å². The Labute approximate surface area is 196 Å². The van der Waals surface area contributed by atoms with E-state index in [2.05, 4.69) is 53.0 Å². The average Bonchev–Trinajstić information content (AvgIpc) is 3.39. The Morgan fingerprint density at radius 3 is 2.79 bits per heavy atom. The van der Waals surface area contributed by atoms with Crippen molar-refractivity contribution in [2.45, 2.75) is 19.8 Å². The summed E-state index contributed by atoms with van der Waals surface area (Å²) >= 11 is 0. The molecule has 2 N–H and O–H groups in total. The van der Waals surface area contributed by atoms with Crippen molar-refractivity contribution in [3.8, 4) is 22.8 Å². The highest BCUT2D eigenvalue weighted by Gasteiger charge is 2.11. The van der Waals surface area contributed by atoms with Crippen LogP contribution in [-0.4, -0.2) is 35.6 Å². The lowest BCUT2D eigenvalue weighted by atomic mass is 10.1. The molecule has 0 aliphatic rings. The van der Waals surface area contributed by atoms with Gasteiger partial charge >= 0.3 is 0 Å². The fourth-order valence-electron chi connectivity index (χ4n) is 3.50. The van der Waals surface area contributed by atoms with Crippen LogP contribution in [0, 0.1) is 6.92 Å². The molecule has 5 aromatic rings. The largest absolute Gasteiger partial charge is 0.455 e. The van der Waals surface area contributed by atoms with Crippen LogP contribution in [0.25, 0.3) is 11.3 Å². The smallest absolute Gasteiger partial charge is 0.174 e. The fraction of sp³-hybridized carbons (Fsp3) is 0.120. The quantitative estimate of drug-likeness (QED) is 0.350. The summed E-state index contributed by atoms with van der Waals surface area (Å²) in [6.07, 6.45) is 6.75. The minimum Gasteiger partial charge on any atom is -0.455 e. The van der Waals surface area contributed by atoms with Crippen molar-refractivity contribution in [1.82, 2.24) is 35.6 Å². The highest BCUT2D eigenvalue weighted by molar-refractivity contribution is 5.66. The number of nitrogens with one attached hydrogen (secondary N) is 2. The minimum absolute atomic E-state index is 0.652. The van der Waals surface area contributed by atoms with Crippen LogP contribution in [0.15, 0.2) is 79.3 Å². The highest BCUT2D eigenvalue weighted by Crippen LogP contribution is 2.32. The van der Waals surface area contributed by atoms with Crippen molar-refractivity contribution in [3.63, 3.8) is 0 Å². The monoisotopic (exact) mass is 450 g/mol. The molecule has 4 heterocycles. The summed E-state index contributed by atoms with van der Waals surface area (Å²) in [7, 11) is 0. The molecule has 1 aromatic carbocycles. The first-order valence-corrected chi connectivity index (χ1v) is 10.8. The third kappa shape index (κ3) is 5.21. The third-order valence-corrected chi connectivity index (χ3v) is 5.12. The molecule has 5 rings (SSSR count). The number of H-pyrrole nitrogens is 1. The maximum absolute atomic E-state index is 6.21. The first-order chi connectivity index (χ1) is 16.7. The molecule has 0 saturated heterocycles. The summed E-state index contributed by atoms with van der Waals surface area (Å²) in [5.41, 5.74) is 4.64. The Kier molecular flexibility index (Phi) is 6.15. The first-order valence-electron chi connectivity index (χ1n) is 10.8. The van der Waals surface area contributed by atoms with Gasteiger partial charge in [0.1, 0.15) is 17.3 Å². The van der Waals surface area contributed by atoms with Gasteiger partial charge in [-0.3, -0.25) is 4.98 Å². The Bertz CT molecular complexity index is 1370. The molecule has 0 aliphatic heterocycles. The lowest BCUT2D eigenvalue weighted by molar-refractivity contribution is 0.481. The van der Waals surface area contributed by atoms with E-state index in [9.17, 15) is 0 Å². The lowest BCUT2D eigenvalue weighted by Crippen LogP contribution is -1.98. The van der Waals surface area contributed by atoms with E-state index in [-0.39, 0.29) is 0 Å². The third-order valence-electron chi connectivity index (χ3n) is 5.12. The van der Waals surface area contributed by atoms with E-state index in [0.717, 1.165) is 34.6 Å². The Morgan fingerprint density at radius 2 is 1.94 bits per heavy atom. The van der Waals surface area contributed by atoms with Gasteiger partial charge in [-0.15, -0.1) is 10.2 Å². The molecule has 0 spiro atoms. The molecule has 9 heteroatoms. The van der Waals surface area contributed by atoms with Gasteiger partial charge in [0.15, 0.2) is 11.6 Å². The Morgan fingerprint density at radius 1 is 0.971 bits per heavy atom. The van der Waals surface area contributed by atoms with Crippen molar-refractivity contribution < 1.29 is 4.74 Å². The molecule has 0 aliphatic carbocycles. The summed E-state index contributed by atoms with van der Waals surface area (Å²) in [4.78, 5) is 13.3. The van der Waals surface area contributed by atoms with Crippen molar-refractivity contribution in [3.05, 3.63) is 96.3 Å². The molecular weight excluding hydrogens is 428 g/mol. The number of aryl methyl sites for hydroxylation is 3. The van der Waals surface area contributed by atoms with Crippen LogP contribution in [0.2, 0.25) is 0 Å². The van der Waals surface area contributed by atoms with Gasteiger partial charge in [0.05, 0.1) is 0 Å². The average molecular weight is 451 g/mol. The second-order valence-corrected chi connectivity index (χ2v) is 7.67. The number of pyridine rings is 3. The molecule has 0 radical (unpaired) electrons. The molecule has 0 atom stereocenters. The number of anilines is 2. The standard InChI is InChI=1S/C25H22N8O/c1-17-7-9-22(25(28-17)19-5-3-12-26-16-19)34-21-11-13-27-24(15-21)29-20-6-2-4-18(14-20)8-10-23-30-32-33-31-23/h2-7,9,11-16H,8,10H2,1H3,(H,27,29)(H,30,31,32,33). The summed E-state index contributed by atoms with van der Waals surface area (Å²) in [5.74, 6) is 2.68. The van der Waals surface area contributed by atoms with Gasteiger partial charge < -0.3 is 10.1 Å². The Hall–Kier alpha value is -4.66. The summed E-state index contributed by atoms with van der Waals surface area (Å²) in [6, 6.07) is 19.5. The molecular formula is C25H22N8O. The maximum atomic E-state index is 6.21. The van der Waals surface area contributed by atoms with E-state index in [4.69, 9.17) is 4.74 Å². The lowest BCUT2D eigenvalue weighted by Gasteiger charge is -2.13. The minimum atomic E-state index is 0.652. The van der Waals surface area contributed by atoms with Gasteiger partial charge in [-0.05, 0) is 61.4 Å². The van der Waals surface area contributed by atoms with Crippen LogP contribution >= 0.6 is 0 Å². The predicted octanol–water partition coefficient (Wildman–Crippen LogP) is 4.68. The second-order valence-electron chi connectivity index (χ2n) is 7.67. The molecule has 0 fully saturated rings. The fourth-order valence-corrected chi connectivity index (χ4v) is 3.50. The van der Waals surface area contributed by atoms with Gasteiger partial charge in [-0.2, -0.15) is 5.21 Å². The van der Waals surface area contributed by atoms with Crippen LogP contribution < -0.4 is 10.1 Å². The second kappa shape index (κ2) is 9.86. The summed E-state index contributed by atoms with van der Waals surface area (Å²) < 4.78 is 6.21. The summed E-state index contributed by atoms with van der Waals surface area (Å²) in [5, 5.41) is 17.4. The molecule has 168 valence electrons. The van der Waals surface area contributed by atoms with Gasteiger partial charge in [0.25, 0.3) is 0 Å². The van der Waals surface area contributed by atoms with Crippen LogP contribution in [0.4, 0.5) is 11.5 Å². The highest BCUT2D eigenvalue weighted by atomic mass is 16.5. The van der Waals surface area contributed by atoms with Gasteiger partial charge in [0.2, 0.25) is 0 Å². The molecule has 0 bridgehead atoms. The summed E-state index contributed by atoms with van der Waals surface area (Å²) in [6.45, 7) is 1.95. The number of hydrogen-bond donors (Lipinski definition) is 2. The number of tetrazole rings is 1. The van der Waals surface area contributed by atoms with Crippen molar-refractivity contribution in [1.29, 1.82) is 0 Å². The number of aromatic amines is 1. The van der Waals surface area contributed by atoms with E-state index in [0.29, 0.717) is 29.6 Å². The van der Waals surface area contributed by atoms with Crippen LogP contribution in [0.3, 0.4) is 0 Å². The van der Waals surface area contributed by atoms with Crippen LogP contribution in [-0.2, 0) is 12.8 Å². The topological polar surface area (TPSA) is 114 Å². The van der Waals surface area contributed by atoms with Crippen molar-refractivity contribution in [2.75, 3.05) is 5.32 Å². The van der Waals surface area contributed by atoms with E-state index in [1.165, 1.54) is 0 Å². The van der Waals surface area contributed by atoms with Gasteiger partial charge in [0, 0.05) is 48.0 Å². The SMILES string of the molecule is Cc1ccc(Oc2ccnc(Nc3cccc(CCc4nn[nH]n4)c3)c2)c(-c2cccnc2)n1. The number of rotatable bonds is 8. The van der Waals surface area contributed by atoms with E-state index in [1.54, 1.807) is 18.6 Å². The van der Waals surface area contributed by atoms with Crippen molar-refractivity contribution >= 4 is 11.5 Å². The molecule has 0 saturated carbocycles. The normalized spacial score (nSPS) is 10.7. The molecule has 9 nitrogen and oxygen atoms in total. The van der Waals surface area contributed by atoms with E-state index < -0.39 is 0 Å². The molecule has 0 unspecified atom stereocenters. The van der Waals surface area contributed by atoms with Crippen LogP contribution in [0.1, 0.15) is 17.1 Å². The molecule has 34 heavy (non-hydrogen) atoms. The number of hydrogen-bond acceptors (Lipinski definition) is 8. The number of nitrogens with zero attached hydrogens (tertiary/aromatic N) is 6. The number of benzene rings is 1. The molecule has 0 amide bonds. The van der Waals surface area contributed by atoms with Crippen LogP contribution in [0.5, 0.6) is 11.5 Å². The zero-order valence-electron chi connectivity index (χ0n) is 18.5. The maximum Gasteiger partial charge on any atom is 0.174 e. The Balaban J connectivity index is 1.32. The number of aromatic nitrogens is 7. The molecule has 4 aromatic heterocycles. The predicted molar refractivity (Wildman–Crippen MR) is 128 cm³/mol. The van der Waals surface area contributed by atoms with Gasteiger partial charge in [-0.25, -0.2) is 9.97 Å².